The van der Waals surface area contributed by atoms with E-state index in [9.17, 15) is 24.0 Å². The molecule has 2 rings (SSSR count). The minimum atomic E-state index is -1.91. The SMILES string of the molecule is O=C(O)Oc1cccc(C(=O)c2cccc(OC(=O)O)c2OC(=O)O)c1OC(=O)O. The molecule has 0 aromatic heterocycles. The van der Waals surface area contributed by atoms with Gasteiger partial charge >= 0.3 is 24.6 Å². The van der Waals surface area contributed by atoms with Gasteiger partial charge < -0.3 is 39.4 Å². The van der Waals surface area contributed by atoms with E-state index in [1.165, 1.54) is 0 Å². The molecule has 0 fully saturated rings. The first-order chi connectivity index (χ1) is 14.1. The van der Waals surface area contributed by atoms with E-state index in [0.29, 0.717) is 0 Å². The highest BCUT2D eigenvalue weighted by Gasteiger charge is 2.27. The summed E-state index contributed by atoms with van der Waals surface area (Å²) in [4.78, 5) is 56.6. The molecule has 0 heterocycles. The number of rotatable bonds is 6. The topological polar surface area (TPSA) is 203 Å². The van der Waals surface area contributed by atoms with E-state index in [4.69, 9.17) is 20.4 Å². The van der Waals surface area contributed by atoms with Gasteiger partial charge in [0.25, 0.3) is 0 Å². The third-order valence-electron chi connectivity index (χ3n) is 3.22. The Morgan fingerprint density at radius 2 is 0.867 bits per heavy atom. The lowest BCUT2D eigenvalue weighted by Crippen LogP contribution is -2.15. The zero-order chi connectivity index (χ0) is 22.4. The van der Waals surface area contributed by atoms with Crippen molar-refractivity contribution in [1.29, 1.82) is 0 Å². The smallest absolute Gasteiger partial charge is 0.449 e. The molecule has 2 aromatic carbocycles. The molecule has 0 radical (unpaired) electrons. The molecule has 2 aromatic rings. The van der Waals surface area contributed by atoms with Crippen molar-refractivity contribution in [1.82, 2.24) is 0 Å². The molecule has 13 nitrogen and oxygen atoms in total. The second-order valence-electron chi connectivity index (χ2n) is 5.07. The van der Waals surface area contributed by atoms with Gasteiger partial charge in [-0.3, -0.25) is 4.79 Å². The summed E-state index contributed by atoms with van der Waals surface area (Å²) < 4.78 is 17.7. The van der Waals surface area contributed by atoms with Gasteiger partial charge in [-0.25, -0.2) is 19.2 Å². The van der Waals surface area contributed by atoms with Crippen molar-refractivity contribution >= 4 is 30.4 Å². The molecule has 30 heavy (non-hydrogen) atoms. The van der Waals surface area contributed by atoms with Gasteiger partial charge in [-0.1, -0.05) is 12.1 Å². The van der Waals surface area contributed by atoms with Gasteiger partial charge in [0, 0.05) is 0 Å². The first-order valence-electron chi connectivity index (χ1n) is 7.54. The van der Waals surface area contributed by atoms with Gasteiger partial charge in [-0.2, -0.15) is 0 Å². The molecule has 0 atom stereocenters. The second-order valence-corrected chi connectivity index (χ2v) is 5.07. The average molecular weight is 422 g/mol. The number of hydrogen-bond acceptors (Lipinski definition) is 9. The van der Waals surface area contributed by atoms with Crippen LogP contribution in [0.3, 0.4) is 0 Å². The summed E-state index contributed by atoms with van der Waals surface area (Å²) in [7, 11) is 0. The Labute approximate surface area is 165 Å². The highest BCUT2D eigenvalue weighted by Crippen LogP contribution is 2.38. The fourth-order valence-electron chi connectivity index (χ4n) is 2.27. The molecule has 0 amide bonds. The van der Waals surface area contributed by atoms with Crippen LogP contribution in [0.4, 0.5) is 19.2 Å². The maximum atomic E-state index is 13.0. The fourth-order valence-corrected chi connectivity index (χ4v) is 2.27. The molecule has 13 heteroatoms. The van der Waals surface area contributed by atoms with Crippen LogP contribution in [-0.4, -0.2) is 50.8 Å². The van der Waals surface area contributed by atoms with Crippen LogP contribution in [0, 0.1) is 0 Å². The molecule has 0 aliphatic carbocycles. The van der Waals surface area contributed by atoms with Crippen LogP contribution in [0.25, 0.3) is 0 Å². The lowest BCUT2D eigenvalue weighted by molar-refractivity contribution is 0.102. The molecule has 156 valence electrons. The van der Waals surface area contributed by atoms with Crippen LogP contribution in [0.1, 0.15) is 15.9 Å². The van der Waals surface area contributed by atoms with Gasteiger partial charge in [-0.15, -0.1) is 0 Å². The number of carbonyl (C=O) groups excluding carboxylic acids is 1. The van der Waals surface area contributed by atoms with Crippen molar-refractivity contribution in [3.63, 3.8) is 0 Å². The summed E-state index contributed by atoms with van der Waals surface area (Å²) in [5, 5.41) is 35.3. The monoisotopic (exact) mass is 422 g/mol. The molecule has 4 N–H and O–H groups in total. The number of para-hydroxylation sites is 2. The minimum absolute atomic E-state index is 0.557. The standard InChI is InChI=1S/C17H10O13/c18-11(7-3-1-5-9(27-14(19)20)12(7)29-16(23)24)8-4-2-6-10(28-15(21)22)13(8)30-17(25)26/h1-6H,(H,19,20)(H,21,22)(H,23,24)(H,25,26). The average Bonchev–Trinajstić information content (AvgIpc) is 2.62. The molecular weight excluding hydrogens is 412 g/mol. The van der Waals surface area contributed by atoms with Crippen LogP contribution in [0.5, 0.6) is 23.0 Å². The summed E-state index contributed by atoms with van der Waals surface area (Å²) in [5.41, 5.74) is -1.11. The summed E-state index contributed by atoms with van der Waals surface area (Å²) in [6.07, 6.45) is -7.48. The van der Waals surface area contributed by atoms with Gasteiger partial charge in [0.2, 0.25) is 5.78 Å². The largest absolute Gasteiger partial charge is 0.511 e. The Morgan fingerprint density at radius 1 is 0.533 bits per heavy atom. The van der Waals surface area contributed by atoms with Crippen LogP contribution in [-0.2, 0) is 0 Å². The van der Waals surface area contributed by atoms with Crippen molar-refractivity contribution in [3.05, 3.63) is 47.5 Å². The summed E-state index contributed by atoms with van der Waals surface area (Å²) in [6.45, 7) is 0. The Bertz CT molecular complexity index is 958. The quantitative estimate of drug-likeness (QED) is 0.300. The van der Waals surface area contributed by atoms with E-state index in [2.05, 4.69) is 18.9 Å². The predicted molar refractivity (Wildman–Crippen MR) is 90.9 cm³/mol. The van der Waals surface area contributed by atoms with Crippen LogP contribution in [0.2, 0.25) is 0 Å². The highest BCUT2D eigenvalue weighted by atomic mass is 16.7. The van der Waals surface area contributed by atoms with Crippen LogP contribution >= 0.6 is 0 Å². The van der Waals surface area contributed by atoms with E-state index >= 15 is 0 Å². The van der Waals surface area contributed by atoms with Crippen molar-refractivity contribution < 1.29 is 63.3 Å². The normalized spacial score (nSPS) is 9.87. The zero-order valence-electron chi connectivity index (χ0n) is 14.4. The fraction of sp³-hybridized carbons (Fsp3) is 0. The van der Waals surface area contributed by atoms with E-state index in [1.54, 1.807) is 0 Å². The minimum Gasteiger partial charge on any atom is -0.449 e. The lowest BCUT2D eigenvalue weighted by atomic mass is 10.0. The number of ether oxygens (including phenoxy) is 4. The molecule has 0 aliphatic heterocycles. The van der Waals surface area contributed by atoms with Gasteiger partial charge in [0.1, 0.15) is 0 Å². The molecular formula is C17H10O13. The molecule has 0 saturated carbocycles. The Balaban J connectivity index is 2.67. The first kappa shape index (κ1) is 21.5. The van der Waals surface area contributed by atoms with E-state index in [-0.39, 0.29) is 0 Å². The van der Waals surface area contributed by atoms with Crippen molar-refractivity contribution in [3.8, 4) is 23.0 Å². The number of carboxylic acid groups (broad SMARTS) is 4. The second kappa shape index (κ2) is 8.92. The number of benzene rings is 2. The Kier molecular flexibility index (Phi) is 6.39. The van der Waals surface area contributed by atoms with E-state index in [1.807, 2.05) is 0 Å². The molecule has 0 saturated heterocycles. The summed E-state index contributed by atoms with van der Waals surface area (Å²) in [5.74, 6) is -4.01. The summed E-state index contributed by atoms with van der Waals surface area (Å²) in [6, 6.07) is 6.34. The van der Waals surface area contributed by atoms with Gasteiger partial charge in [0.05, 0.1) is 11.1 Å². The molecule has 0 aliphatic rings. The molecule has 0 unspecified atom stereocenters. The maximum absolute atomic E-state index is 13.0. The number of carbonyl (C=O) groups is 5. The number of hydrogen-bond donors (Lipinski definition) is 4. The highest BCUT2D eigenvalue weighted by molar-refractivity contribution is 6.13. The van der Waals surface area contributed by atoms with Gasteiger partial charge in [-0.05, 0) is 24.3 Å². The first-order valence-corrected chi connectivity index (χ1v) is 7.54. The molecule has 0 bridgehead atoms. The maximum Gasteiger partial charge on any atom is 0.511 e. The zero-order valence-corrected chi connectivity index (χ0v) is 14.4. The number of ketones is 1. The third-order valence-corrected chi connectivity index (χ3v) is 3.22. The third kappa shape index (κ3) is 5.13. The van der Waals surface area contributed by atoms with E-state index < -0.39 is 64.5 Å². The Hall–Kier alpha value is -4.81. The Morgan fingerprint density at radius 3 is 1.17 bits per heavy atom. The lowest BCUT2D eigenvalue weighted by Gasteiger charge is -2.14. The molecule has 0 spiro atoms. The summed E-state index contributed by atoms with van der Waals surface area (Å²) >= 11 is 0. The van der Waals surface area contributed by atoms with Gasteiger partial charge in [0.15, 0.2) is 23.0 Å². The van der Waals surface area contributed by atoms with E-state index in [0.717, 1.165) is 36.4 Å². The van der Waals surface area contributed by atoms with Crippen molar-refractivity contribution in [2.24, 2.45) is 0 Å². The van der Waals surface area contributed by atoms with Crippen molar-refractivity contribution in [2.75, 3.05) is 0 Å². The predicted octanol–water partition coefficient (Wildman–Crippen LogP) is 3.14. The van der Waals surface area contributed by atoms with Crippen LogP contribution in [0.15, 0.2) is 36.4 Å². The van der Waals surface area contributed by atoms with Crippen molar-refractivity contribution in [2.45, 2.75) is 0 Å². The van der Waals surface area contributed by atoms with Crippen LogP contribution < -0.4 is 18.9 Å².